The number of anilines is 1. The van der Waals surface area contributed by atoms with Crippen molar-refractivity contribution < 1.29 is 9.59 Å². The Morgan fingerprint density at radius 2 is 2.11 bits per heavy atom. The number of carbonyl (C=O) groups excluding carboxylic acids is 2. The maximum Gasteiger partial charge on any atom is 0.255 e. The zero-order chi connectivity index (χ0) is 13.8. The normalized spacial score (nSPS) is 10.8. The summed E-state index contributed by atoms with van der Waals surface area (Å²) in [5.74, 6) is -0.253. The number of amides is 2. The summed E-state index contributed by atoms with van der Waals surface area (Å²) in [6.07, 6.45) is 1.59. The SMILES string of the molecule is CNc1ncccc1C(=O)NCC(C)(C)C(N)=O. The van der Waals surface area contributed by atoms with Gasteiger partial charge in [0.1, 0.15) is 5.82 Å². The van der Waals surface area contributed by atoms with Gasteiger partial charge in [-0.05, 0) is 26.0 Å². The lowest BCUT2D eigenvalue weighted by Crippen LogP contribution is -2.42. The number of nitrogens with zero attached hydrogens (tertiary/aromatic N) is 1. The van der Waals surface area contributed by atoms with Crippen LogP contribution in [0.5, 0.6) is 0 Å². The Balaban J connectivity index is 2.75. The topological polar surface area (TPSA) is 97.1 Å². The van der Waals surface area contributed by atoms with Crippen molar-refractivity contribution in [3.8, 4) is 0 Å². The molecule has 1 aromatic rings. The highest BCUT2D eigenvalue weighted by atomic mass is 16.2. The molecule has 98 valence electrons. The summed E-state index contributed by atoms with van der Waals surface area (Å²) in [7, 11) is 1.69. The molecule has 0 radical (unpaired) electrons. The molecule has 0 aliphatic heterocycles. The van der Waals surface area contributed by atoms with Crippen molar-refractivity contribution in [1.29, 1.82) is 0 Å². The summed E-state index contributed by atoms with van der Waals surface area (Å²) in [6, 6.07) is 3.33. The molecular weight excluding hydrogens is 232 g/mol. The van der Waals surface area contributed by atoms with Gasteiger partial charge in [0.05, 0.1) is 11.0 Å². The molecule has 6 heteroatoms. The van der Waals surface area contributed by atoms with Gasteiger partial charge >= 0.3 is 0 Å². The van der Waals surface area contributed by atoms with Crippen LogP contribution in [0.1, 0.15) is 24.2 Å². The van der Waals surface area contributed by atoms with E-state index in [-0.39, 0.29) is 12.5 Å². The number of hydrogen-bond donors (Lipinski definition) is 3. The van der Waals surface area contributed by atoms with Gasteiger partial charge in [0.15, 0.2) is 0 Å². The Morgan fingerprint density at radius 3 is 2.67 bits per heavy atom. The fourth-order valence-corrected chi connectivity index (χ4v) is 1.27. The Hall–Kier alpha value is -2.11. The van der Waals surface area contributed by atoms with Crippen molar-refractivity contribution in [2.45, 2.75) is 13.8 Å². The van der Waals surface area contributed by atoms with Crippen molar-refractivity contribution in [3.05, 3.63) is 23.9 Å². The largest absolute Gasteiger partial charge is 0.372 e. The number of aromatic nitrogens is 1. The molecule has 0 aliphatic rings. The van der Waals surface area contributed by atoms with Gasteiger partial charge in [0, 0.05) is 19.8 Å². The van der Waals surface area contributed by atoms with Crippen molar-refractivity contribution in [2.24, 2.45) is 11.1 Å². The van der Waals surface area contributed by atoms with Gasteiger partial charge in [-0.15, -0.1) is 0 Å². The zero-order valence-electron chi connectivity index (χ0n) is 10.8. The average Bonchev–Trinajstić information content (AvgIpc) is 2.35. The number of nitrogens with two attached hydrogens (primary N) is 1. The van der Waals surface area contributed by atoms with E-state index >= 15 is 0 Å². The Kier molecular flexibility index (Phi) is 4.25. The lowest BCUT2D eigenvalue weighted by Gasteiger charge is -2.20. The van der Waals surface area contributed by atoms with Crippen LogP contribution >= 0.6 is 0 Å². The van der Waals surface area contributed by atoms with E-state index in [4.69, 9.17) is 5.73 Å². The number of hydrogen-bond acceptors (Lipinski definition) is 4. The molecule has 0 aliphatic carbocycles. The molecule has 4 N–H and O–H groups in total. The van der Waals surface area contributed by atoms with Crippen LogP contribution in [0.15, 0.2) is 18.3 Å². The number of primary amides is 1. The fourth-order valence-electron chi connectivity index (χ4n) is 1.27. The minimum absolute atomic E-state index is 0.180. The summed E-state index contributed by atoms with van der Waals surface area (Å²) in [4.78, 5) is 27.1. The molecule has 0 bridgehead atoms. The minimum Gasteiger partial charge on any atom is -0.372 e. The number of nitrogens with one attached hydrogen (secondary N) is 2. The number of pyridine rings is 1. The van der Waals surface area contributed by atoms with E-state index in [2.05, 4.69) is 15.6 Å². The molecule has 1 heterocycles. The Bertz CT molecular complexity index is 457. The fraction of sp³-hybridized carbons (Fsp3) is 0.417. The lowest BCUT2D eigenvalue weighted by molar-refractivity contribution is -0.125. The van der Waals surface area contributed by atoms with E-state index in [1.165, 1.54) is 0 Å². The van der Waals surface area contributed by atoms with E-state index in [9.17, 15) is 9.59 Å². The van der Waals surface area contributed by atoms with Crippen molar-refractivity contribution >= 4 is 17.6 Å². The van der Waals surface area contributed by atoms with Crippen LogP contribution in [0.3, 0.4) is 0 Å². The monoisotopic (exact) mass is 250 g/mol. The smallest absolute Gasteiger partial charge is 0.255 e. The van der Waals surface area contributed by atoms with E-state index in [1.54, 1.807) is 39.2 Å². The summed E-state index contributed by atoms with van der Waals surface area (Å²) >= 11 is 0. The first-order valence-corrected chi connectivity index (χ1v) is 5.59. The molecule has 2 amide bonds. The quantitative estimate of drug-likeness (QED) is 0.703. The predicted octanol–water partition coefficient (Wildman–Crippen LogP) is 0.365. The molecule has 0 saturated heterocycles. The van der Waals surface area contributed by atoms with Gasteiger partial charge in [-0.1, -0.05) is 0 Å². The lowest BCUT2D eigenvalue weighted by atomic mass is 9.92. The Labute approximate surface area is 106 Å². The third-order valence-electron chi connectivity index (χ3n) is 2.65. The molecule has 0 unspecified atom stereocenters. The van der Waals surface area contributed by atoms with E-state index < -0.39 is 11.3 Å². The van der Waals surface area contributed by atoms with Crippen LogP contribution in [0.25, 0.3) is 0 Å². The second-order valence-corrected chi connectivity index (χ2v) is 4.58. The van der Waals surface area contributed by atoms with E-state index in [0.29, 0.717) is 11.4 Å². The van der Waals surface area contributed by atoms with Crippen molar-refractivity contribution in [2.75, 3.05) is 18.9 Å². The van der Waals surface area contributed by atoms with Gasteiger partial charge in [-0.3, -0.25) is 9.59 Å². The third-order valence-corrected chi connectivity index (χ3v) is 2.65. The first-order valence-electron chi connectivity index (χ1n) is 5.59. The van der Waals surface area contributed by atoms with Gasteiger partial charge < -0.3 is 16.4 Å². The maximum atomic E-state index is 12.0. The van der Waals surface area contributed by atoms with Gasteiger partial charge in [-0.25, -0.2) is 4.98 Å². The molecule has 0 spiro atoms. The first-order chi connectivity index (χ1) is 8.38. The highest BCUT2D eigenvalue weighted by Gasteiger charge is 2.26. The summed E-state index contributed by atoms with van der Waals surface area (Å²) in [5, 5.41) is 5.51. The van der Waals surface area contributed by atoms with Gasteiger partial charge in [0.25, 0.3) is 5.91 Å². The van der Waals surface area contributed by atoms with Gasteiger partial charge in [0.2, 0.25) is 5.91 Å². The van der Waals surface area contributed by atoms with E-state index in [0.717, 1.165) is 0 Å². The van der Waals surface area contributed by atoms with E-state index in [1.807, 2.05) is 0 Å². The zero-order valence-corrected chi connectivity index (χ0v) is 10.8. The standard InChI is InChI=1S/C12H18N4O2/c1-12(2,11(13)18)7-16-10(17)8-5-4-6-15-9(8)14-3/h4-6H,7H2,1-3H3,(H2,13,18)(H,14,15)(H,16,17). The molecule has 1 rings (SSSR count). The average molecular weight is 250 g/mol. The molecule has 0 atom stereocenters. The summed E-state index contributed by atoms with van der Waals surface area (Å²) in [5.41, 5.74) is 4.89. The Morgan fingerprint density at radius 1 is 1.44 bits per heavy atom. The minimum atomic E-state index is -0.780. The molecule has 0 fully saturated rings. The number of rotatable bonds is 5. The van der Waals surface area contributed by atoms with Crippen LogP contribution < -0.4 is 16.4 Å². The second kappa shape index (κ2) is 5.48. The van der Waals surface area contributed by atoms with Crippen LogP contribution in [0, 0.1) is 5.41 Å². The summed E-state index contributed by atoms with van der Waals surface area (Å²) in [6.45, 7) is 3.54. The molecule has 0 aromatic carbocycles. The maximum absolute atomic E-state index is 12.0. The molecular formula is C12H18N4O2. The van der Waals surface area contributed by atoms with Gasteiger partial charge in [-0.2, -0.15) is 0 Å². The first kappa shape index (κ1) is 14.0. The third kappa shape index (κ3) is 3.19. The van der Waals surface area contributed by atoms with Crippen molar-refractivity contribution in [3.63, 3.8) is 0 Å². The van der Waals surface area contributed by atoms with Crippen LogP contribution in [-0.2, 0) is 4.79 Å². The second-order valence-electron chi connectivity index (χ2n) is 4.58. The highest BCUT2D eigenvalue weighted by Crippen LogP contribution is 2.14. The predicted molar refractivity (Wildman–Crippen MR) is 69.1 cm³/mol. The van der Waals surface area contributed by atoms with Crippen LogP contribution in [0.4, 0.5) is 5.82 Å². The highest BCUT2D eigenvalue weighted by molar-refractivity contribution is 5.99. The number of carbonyl (C=O) groups is 2. The van der Waals surface area contributed by atoms with Crippen molar-refractivity contribution in [1.82, 2.24) is 10.3 Å². The molecule has 0 saturated carbocycles. The van der Waals surface area contributed by atoms with Crippen LogP contribution in [0.2, 0.25) is 0 Å². The molecule has 1 aromatic heterocycles. The van der Waals surface area contributed by atoms with Crippen LogP contribution in [-0.4, -0.2) is 30.4 Å². The summed E-state index contributed by atoms with van der Waals surface area (Å²) < 4.78 is 0. The molecule has 6 nitrogen and oxygen atoms in total. The molecule has 18 heavy (non-hydrogen) atoms.